The minimum atomic E-state index is -0.225. The third-order valence-electron chi connectivity index (χ3n) is 2.80. The highest BCUT2D eigenvalue weighted by Gasteiger charge is 2.14. The van der Waals surface area contributed by atoms with Gasteiger partial charge in [0.15, 0.2) is 5.82 Å². The number of hydrogen-bond donors (Lipinski definition) is 1. The summed E-state index contributed by atoms with van der Waals surface area (Å²) in [5.41, 5.74) is 6.70. The lowest BCUT2D eigenvalue weighted by Crippen LogP contribution is -2.32. The summed E-state index contributed by atoms with van der Waals surface area (Å²) in [4.78, 5) is 4.36. The summed E-state index contributed by atoms with van der Waals surface area (Å²) in [6.45, 7) is 3.96. The lowest BCUT2D eigenvalue weighted by atomic mass is 10.0. The second kappa shape index (κ2) is 5.72. The van der Waals surface area contributed by atoms with Gasteiger partial charge in [-0.2, -0.15) is 4.98 Å². The molecule has 0 amide bonds. The molecule has 0 saturated heterocycles. The maximum atomic E-state index is 6.10. The van der Waals surface area contributed by atoms with Crippen molar-refractivity contribution in [3.8, 4) is 0 Å². The van der Waals surface area contributed by atoms with E-state index < -0.39 is 0 Å². The largest absolute Gasteiger partial charge is 0.339 e. The van der Waals surface area contributed by atoms with E-state index in [4.69, 9.17) is 21.9 Å². The monoisotopic (exact) mass is 279 g/mol. The molecule has 102 valence electrons. The minimum Gasteiger partial charge on any atom is -0.339 e. The molecule has 0 spiro atoms. The predicted octanol–water partition coefficient (Wildman–Crippen LogP) is 2.98. The van der Waals surface area contributed by atoms with Crippen LogP contribution in [0.3, 0.4) is 0 Å². The normalized spacial score (nSPS) is 11.8. The molecule has 0 atom stereocenters. The maximum Gasteiger partial charge on any atom is 0.226 e. The van der Waals surface area contributed by atoms with Crippen LogP contribution in [-0.2, 0) is 12.8 Å². The molecule has 0 aliphatic rings. The molecule has 19 heavy (non-hydrogen) atoms. The fraction of sp³-hybridized carbons (Fsp3) is 0.429. The van der Waals surface area contributed by atoms with E-state index in [1.54, 1.807) is 0 Å². The van der Waals surface area contributed by atoms with E-state index in [9.17, 15) is 0 Å². The van der Waals surface area contributed by atoms with Gasteiger partial charge in [0, 0.05) is 23.4 Å². The summed E-state index contributed by atoms with van der Waals surface area (Å²) in [6, 6.07) is 7.66. The van der Waals surface area contributed by atoms with E-state index in [0.29, 0.717) is 24.6 Å². The first kappa shape index (κ1) is 14.0. The number of nitrogens with two attached hydrogens (primary N) is 1. The number of hydrogen-bond acceptors (Lipinski definition) is 4. The fourth-order valence-electron chi connectivity index (χ4n) is 1.70. The smallest absolute Gasteiger partial charge is 0.226 e. The van der Waals surface area contributed by atoms with Crippen molar-refractivity contribution in [3.05, 3.63) is 46.6 Å². The summed E-state index contributed by atoms with van der Waals surface area (Å²) >= 11 is 6.10. The Morgan fingerprint density at radius 2 is 2.05 bits per heavy atom. The quantitative estimate of drug-likeness (QED) is 0.914. The van der Waals surface area contributed by atoms with Crippen molar-refractivity contribution in [2.45, 2.75) is 38.6 Å². The van der Waals surface area contributed by atoms with Gasteiger partial charge in [-0.3, -0.25) is 0 Å². The predicted molar refractivity (Wildman–Crippen MR) is 75.1 cm³/mol. The van der Waals surface area contributed by atoms with Crippen LogP contribution in [0.1, 0.15) is 37.5 Å². The van der Waals surface area contributed by atoms with Gasteiger partial charge in [-0.25, -0.2) is 0 Å². The molecule has 0 aliphatic carbocycles. The maximum absolute atomic E-state index is 6.10. The molecule has 1 aromatic carbocycles. The average Bonchev–Trinajstić information content (AvgIpc) is 2.77. The van der Waals surface area contributed by atoms with Gasteiger partial charge in [-0.05, 0) is 31.9 Å². The molecule has 0 fully saturated rings. The molecule has 4 nitrogen and oxygen atoms in total. The molecule has 0 radical (unpaired) electrons. The van der Waals surface area contributed by atoms with Crippen LogP contribution < -0.4 is 5.73 Å². The highest BCUT2D eigenvalue weighted by molar-refractivity contribution is 6.31. The molecule has 1 aromatic heterocycles. The Morgan fingerprint density at radius 1 is 1.32 bits per heavy atom. The van der Waals surface area contributed by atoms with Gasteiger partial charge in [0.25, 0.3) is 0 Å². The zero-order valence-electron chi connectivity index (χ0n) is 11.2. The second-order valence-corrected chi connectivity index (χ2v) is 5.77. The Kier molecular flexibility index (Phi) is 4.22. The first-order valence-corrected chi connectivity index (χ1v) is 6.65. The molecule has 0 saturated carbocycles. The highest BCUT2D eigenvalue weighted by atomic mass is 35.5. The summed E-state index contributed by atoms with van der Waals surface area (Å²) in [6.07, 6.45) is 2.08. The topological polar surface area (TPSA) is 64.9 Å². The third kappa shape index (κ3) is 4.33. The highest BCUT2D eigenvalue weighted by Crippen LogP contribution is 2.18. The van der Waals surface area contributed by atoms with Crippen LogP contribution in [0.25, 0.3) is 0 Å². The van der Waals surface area contributed by atoms with Gasteiger partial charge < -0.3 is 10.3 Å². The summed E-state index contributed by atoms with van der Waals surface area (Å²) in [5, 5.41) is 4.69. The minimum absolute atomic E-state index is 0.225. The van der Waals surface area contributed by atoms with Crippen LogP contribution in [-0.4, -0.2) is 15.7 Å². The first-order chi connectivity index (χ1) is 8.94. The summed E-state index contributed by atoms with van der Waals surface area (Å²) < 4.78 is 5.21. The summed E-state index contributed by atoms with van der Waals surface area (Å²) in [5.74, 6) is 1.28. The van der Waals surface area contributed by atoms with Crippen molar-refractivity contribution < 1.29 is 4.52 Å². The molecule has 2 rings (SSSR count). The number of nitrogens with zero attached hydrogens (tertiary/aromatic N) is 2. The van der Waals surface area contributed by atoms with Crippen molar-refractivity contribution in [3.63, 3.8) is 0 Å². The summed E-state index contributed by atoms with van der Waals surface area (Å²) in [7, 11) is 0. The zero-order valence-corrected chi connectivity index (χ0v) is 11.9. The number of aromatic nitrogens is 2. The molecule has 1 heterocycles. The Morgan fingerprint density at radius 3 is 2.74 bits per heavy atom. The number of halogens is 1. The van der Waals surface area contributed by atoms with E-state index >= 15 is 0 Å². The fourth-order valence-corrected chi connectivity index (χ4v) is 1.91. The molecule has 5 heteroatoms. The number of aryl methyl sites for hydroxylation is 1. The number of rotatable bonds is 5. The van der Waals surface area contributed by atoms with Crippen molar-refractivity contribution in [2.75, 3.05) is 0 Å². The third-order valence-corrected chi connectivity index (χ3v) is 3.17. The van der Waals surface area contributed by atoms with Crippen LogP contribution in [0.5, 0.6) is 0 Å². The molecule has 0 bridgehead atoms. The van der Waals surface area contributed by atoms with E-state index in [2.05, 4.69) is 10.1 Å². The van der Waals surface area contributed by atoms with Crippen molar-refractivity contribution in [1.82, 2.24) is 10.1 Å². The molecule has 2 N–H and O–H groups in total. The molecular weight excluding hydrogens is 262 g/mol. The van der Waals surface area contributed by atoms with E-state index in [1.165, 1.54) is 0 Å². The molecule has 0 unspecified atom stereocenters. The van der Waals surface area contributed by atoms with Gasteiger partial charge in [-0.1, -0.05) is 35.0 Å². The lowest BCUT2D eigenvalue weighted by molar-refractivity contribution is 0.355. The van der Waals surface area contributed by atoms with Crippen molar-refractivity contribution in [2.24, 2.45) is 5.73 Å². The van der Waals surface area contributed by atoms with Crippen LogP contribution in [0.4, 0.5) is 0 Å². The lowest BCUT2D eigenvalue weighted by Gasteiger charge is -2.16. The van der Waals surface area contributed by atoms with Gasteiger partial charge in [-0.15, -0.1) is 0 Å². The number of benzene rings is 1. The Hall–Kier alpha value is -1.39. The standard InChI is InChI=1S/C14H18ClN3O/c1-14(2,16)8-7-13-17-12(18-19-13)9-10-5-3-4-6-11(10)15/h3-6H,7-9,16H2,1-2H3. The van der Waals surface area contributed by atoms with Crippen molar-refractivity contribution >= 4 is 11.6 Å². The van der Waals surface area contributed by atoms with Gasteiger partial charge >= 0.3 is 0 Å². The van der Waals surface area contributed by atoms with Crippen LogP contribution in [0.2, 0.25) is 5.02 Å². The van der Waals surface area contributed by atoms with E-state index in [1.807, 2.05) is 38.1 Å². The second-order valence-electron chi connectivity index (χ2n) is 5.36. The zero-order chi connectivity index (χ0) is 13.9. The van der Waals surface area contributed by atoms with Crippen LogP contribution >= 0.6 is 11.6 Å². The van der Waals surface area contributed by atoms with Crippen LogP contribution in [0.15, 0.2) is 28.8 Å². The Balaban J connectivity index is 2.00. The van der Waals surface area contributed by atoms with E-state index in [0.717, 1.165) is 17.0 Å². The Bertz CT molecular complexity index is 546. The molecular formula is C14H18ClN3O. The van der Waals surface area contributed by atoms with Gasteiger partial charge in [0.05, 0.1) is 0 Å². The SMILES string of the molecule is CC(C)(N)CCc1nc(Cc2ccccc2Cl)no1. The molecule has 0 aliphatic heterocycles. The average molecular weight is 280 g/mol. The van der Waals surface area contributed by atoms with Gasteiger partial charge in [0.1, 0.15) is 0 Å². The van der Waals surface area contributed by atoms with Crippen LogP contribution in [0, 0.1) is 0 Å². The Labute approximate surface area is 118 Å². The van der Waals surface area contributed by atoms with E-state index in [-0.39, 0.29) is 5.54 Å². The molecule has 2 aromatic rings. The van der Waals surface area contributed by atoms with Gasteiger partial charge in [0.2, 0.25) is 5.89 Å². The first-order valence-electron chi connectivity index (χ1n) is 6.28. The van der Waals surface area contributed by atoms with Crippen molar-refractivity contribution in [1.29, 1.82) is 0 Å².